The highest BCUT2D eigenvalue weighted by Crippen LogP contribution is 2.33. The van der Waals surface area contributed by atoms with E-state index in [9.17, 15) is 24.0 Å². The highest BCUT2D eigenvalue weighted by atomic mass is 19.1. The number of alkyl carbamates (subject to hydrolysis) is 1. The lowest BCUT2D eigenvalue weighted by Crippen LogP contribution is -2.42. The number of cyclic esters (lactones) is 2. The van der Waals surface area contributed by atoms with Gasteiger partial charge in [-0.05, 0) is 57.2 Å². The molecule has 2 aliphatic heterocycles. The number of benzene rings is 2. The number of hydrogen-bond acceptors (Lipinski definition) is 8. The Hall–Kier alpha value is -4.95. The molecule has 2 aromatic carbocycles. The Kier molecular flexibility index (Phi) is 9.55. The van der Waals surface area contributed by atoms with Crippen molar-refractivity contribution in [3.05, 3.63) is 48.0 Å². The molecule has 2 aliphatic rings. The van der Waals surface area contributed by atoms with Crippen LogP contribution in [0.3, 0.4) is 0 Å². The predicted molar refractivity (Wildman–Crippen MR) is 153 cm³/mol. The molecule has 236 valence electrons. The van der Waals surface area contributed by atoms with E-state index in [1.54, 1.807) is 20.8 Å². The van der Waals surface area contributed by atoms with Gasteiger partial charge >= 0.3 is 18.3 Å². The number of rotatable bonds is 9. The van der Waals surface area contributed by atoms with Crippen LogP contribution in [-0.4, -0.2) is 80.6 Å². The zero-order valence-electron chi connectivity index (χ0n) is 24.6. The Morgan fingerprint density at radius 1 is 0.841 bits per heavy atom. The maximum Gasteiger partial charge on any atom is 0.414 e. The molecule has 0 bridgehead atoms. The standard InChI is InChI=1S/C29H33F2N5O8/c1-16(37)32-11-19-14-35(27(40)42-19)17-5-7-21(23(30)9-17)22-8-6-18(10-24(22)31)36-15-20(43-28(36)41)12-33-25(38)13-34-26(39)44-29(2,3)4/h5-10,19-20H,11-15H2,1-4H3,(H,32,37)(H,33,38)(H,34,39)/t19-,20-/m0/s1. The fraction of sp³-hybridized carbons (Fsp3) is 0.414. The zero-order valence-corrected chi connectivity index (χ0v) is 24.6. The summed E-state index contributed by atoms with van der Waals surface area (Å²) in [5.74, 6) is -2.40. The number of ether oxygens (including phenoxy) is 3. The molecule has 13 nitrogen and oxygen atoms in total. The largest absolute Gasteiger partial charge is 0.444 e. The molecule has 44 heavy (non-hydrogen) atoms. The van der Waals surface area contributed by atoms with Gasteiger partial charge in [0, 0.05) is 18.1 Å². The summed E-state index contributed by atoms with van der Waals surface area (Å²) in [7, 11) is 0. The monoisotopic (exact) mass is 617 g/mol. The van der Waals surface area contributed by atoms with Gasteiger partial charge in [-0.1, -0.05) is 0 Å². The molecule has 2 fully saturated rings. The smallest absolute Gasteiger partial charge is 0.414 e. The van der Waals surface area contributed by atoms with Gasteiger partial charge in [0.15, 0.2) is 0 Å². The van der Waals surface area contributed by atoms with Crippen LogP contribution in [0.15, 0.2) is 36.4 Å². The first-order chi connectivity index (χ1) is 20.7. The van der Waals surface area contributed by atoms with Crippen LogP contribution in [0.1, 0.15) is 27.7 Å². The normalized spacial score (nSPS) is 18.0. The number of halogens is 2. The Morgan fingerprint density at radius 2 is 1.32 bits per heavy atom. The Bertz CT molecular complexity index is 1460. The van der Waals surface area contributed by atoms with Gasteiger partial charge in [-0.2, -0.15) is 0 Å². The Labute approximate surface area is 251 Å². The second kappa shape index (κ2) is 13.1. The van der Waals surface area contributed by atoms with E-state index in [0.29, 0.717) is 0 Å². The molecule has 2 saturated heterocycles. The average molecular weight is 618 g/mol. The molecule has 0 saturated carbocycles. The summed E-state index contributed by atoms with van der Waals surface area (Å²) in [5.41, 5.74) is -0.482. The number of nitrogens with one attached hydrogen (secondary N) is 3. The summed E-state index contributed by atoms with van der Waals surface area (Å²) in [6, 6.07) is 7.69. The highest BCUT2D eigenvalue weighted by Gasteiger charge is 2.34. The van der Waals surface area contributed by atoms with E-state index in [4.69, 9.17) is 14.2 Å². The van der Waals surface area contributed by atoms with Crippen LogP contribution in [0.4, 0.5) is 34.5 Å². The summed E-state index contributed by atoms with van der Waals surface area (Å²) in [4.78, 5) is 62.0. The van der Waals surface area contributed by atoms with Crippen molar-refractivity contribution in [2.45, 2.75) is 45.5 Å². The van der Waals surface area contributed by atoms with Gasteiger partial charge in [0.2, 0.25) is 11.8 Å². The van der Waals surface area contributed by atoms with Crippen LogP contribution in [-0.2, 0) is 23.8 Å². The van der Waals surface area contributed by atoms with Crippen molar-refractivity contribution in [3.8, 4) is 11.1 Å². The molecule has 0 spiro atoms. The van der Waals surface area contributed by atoms with Crippen molar-refractivity contribution in [1.29, 1.82) is 0 Å². The molecule has 0 aromatic heterocycles. The maximum absolute atomic E-state index is 15.2. The third kappa shape index (κ3) is 8.11. The van der Waals surface area contributed by atoms with E-state index >= 15 is 8.78 Å². The van der Waals surface area contributed by atoms with E-state index in [2.05, 4.69) is 16.0 Å². The average Bonchev–Trinajstić information content (AvgIpc) is 3.50. The van der Waals surface area contributed by atoms with Crippen molar-refractivity contribution < 1.29 is 47.0 Å². The fourth-order valence-corrected chi connectivity index (χ4v) is 4.47. The second-order valence-corrected chi connectivity index (χ2v) is 11.2. The second-order valence-electron chi connectivity index (χ2n) is 11.2. The summed E-state index contributed by atoms with van der Waals surface area (Å²) in [6.45, 7) is 6.22. The summed E-state index contributed by atoms with van der Waals surface area (Å²) >= 11 is 0. The molecule has 2 aromatic rings. The predicted octanol–water partition coefficient (Wildman–Crippen LogP) is 3.06. The van der Waals surface area contributed by atoms with Gasteiger partial charge in [-0.3, -0.25) is 19.4 Å². The first-order valence-corrected chi connectivity index (χ1v) is 13.7. The van der Waals surface area contributed by atoms with Crippen molar-refractivity contribution >= 4 is 41.5 Å². The third-order valence-corrected chi connectivity index (χ3v) is 6.46. The van der Waals surface area contributed by atoms with Gasteiger partial charge in [-0.25, -0.2) is 23.2 Å². The third-order valence-electron chi connectivity index (χ3n) is 6.46. The van der Waals surface area contributed by atoms with Crippen LogP contribution < -0.4 is 25.8 Å². The van der Waals surface area contributed by atoms with Crippen molar-refractivity contribution in [1.82, 2.24) is 16.0 Å². The fourth-order valence-electron chi connectivity index (χ4n) is 4.47. The van der Waals surface area contributed by atoms with Crippen molar-refractivity contribution in [2.24, 2.45) is 0 Å². The summed E-state index contributed by atoms with van der Waals surface area (Å²) < 4.78 is 45.8. The molecule has 15 heteroatoms. The number of carbonyl (C=O) groups excluding carboxylic acids is 5. The lowest BCUT2D eigenvalue weighted by Gasteiger charge is -2.19. The minimum Gasteiger partial charge on any atom is -0.444 e. The number of amides is 5. The molecular formula is C29H33F2N5O8. The minimum absolute atomic E-state index is 0.00924. The van der Waals surface area contributed by atoms with E-state index in [1.807, 2.05) is 0 Å². The highest BCUT2D eigenvalue weighted by molar-refractivity contribution is 5.91. The van der Waals surface area contributed by atoms with Crippen LogP contribution in [0.25, 0.3) is 11.1 Å². The zero-order chi connectivity index (χ0) is 32.2. The number of hydrogen-bond donors (Lipinski definition) is 3. The lowest BCUT2D eigenvalue weighted by molar-refractivity contribution is -0.121. The van der Waals surface area contributed by atoms with Crippen molar-refractivity contribution in [2.75, 3.05) is 42.5 Å². The molecule has 2 heterocycles. The first kappa shape index (κ1) is 32.0. The number of carbonyl (C=O) groups is 5. The molecule has 0 radical (unpaired) electrons. The van der Waals surface area contributed by atoms with Crippen LogP contribution >= 0.6 is 0 Å². The van der Waals surface area contributed by atoms with Gasteiger partial charge < -0.3 is 30.2 Å². The number of nitrogens with zero attached hydrogens (tertiary/aromatic N) is 2. The van der Waals surface area contributed by atoms with E-state index in [1.165, 1.54) is 41.0 Å². The Morgan fingerprint density at radius 3 is 1.75 bits per heavy atom. The quantitative estimate of drug-likeness (QED) is 0.363. The van der Waals surface area contributed by atoms with Gasteiger partial charge in [-0.15, -0.1) is 0 Å². The van der Waals surface area contributed by atoms with Crippen molar-refractivity contribution in [3.63, 3.8) is 0 Å². The van der Waals surface area contributed by atoms with Crippen LogP contribution in [0.2, 0.25) is 0 Å². The number of anilines is 2. The van der Waals surface area contributed by atoms with E-state index < -0.39 is 53.6 Å². The van der Waals surface area contributed by atoms with Crippen LogP contribution in [0.5, 0.6) is 0 Å². The molecule has 0 unspecified atom stereocenters. The minimum atomic E-state index is -0.803. The van der Waals surface area contributed by atoms with Gasteiger partial charge in [0.25, 0.3) is 0 Å². The topological polar surface area (TPSA) is 156 Å². The first-order valence-electron chi connectivity index (χ1n) is 13.7. The van der Waals surface area contributed by atoms with Crippen LogP contribution in [0, 0.1) is 11.6 Å². The maximum atomic E-state index is 15.2. The molecular weight excluding hydrogens is 584 g/mol. The molecule has 5 amide bonds. The molecule has 2 atom stereocenters. The molecule has 4 rings (SSSR count). The van der Waals surface area contributed by atoms with Gasteiger partial charge in [0.1, 0.15) is 29.4 Å². The summed E-state index contributed by atoms with van der Waals surface area (Å²) in [5, 5.41) is 7.42. The lowest BCUT2D eigenvalue weighted by atomic mass is 10.0. The Balaban J connectivity index is 1.34. The molecule has 3 N–H and O–H groups in total. The van der Waals surface area contributed by atoms with E-state index in [0.717, 1.165) is 12.1 Å². The van der Waals surface area contributed by atoms with E-state index in [-0.39, 0.29) is 61.1 Å². The SMILES string of the molecule is CC(=O)NC[C@H]1CN(c2ccc(-c3ccc(N4C[C@H](CNC(=O)CNC(=O)OC(C)(C)C)OC4=O)cc3F)c(F)c2)C(=O)O1. The summed E-state index contributed by atoms with van der Waals surface area (Å²) in [6.07, 6.45) is -3.55. The molecule has 0 aliphatic carbocycles. The van der Waals surface area contributed by atoms with Gasteiger partial charge in [0.05, 0.1) is 44.1 Å².